The largest absolute Gasteiger partial charge is 0.422 e. The Labute approximate surface area is 332 Å². The van der Waals surface area contributed by atoms with Crippen LogP contribution in [0.1, 0.15) is 51.7 Å². The molecule has 9 aromatic rings. The van der Waals surface area contributed by atoms with Crippen LogP contribution < -0.4 is 21.8 Å². The molecule has 0 unspecified atom stereocenters. The number of hydrogen-bond acceptors (Lipinski definition) is 7. The summed E-state index contributed by atoms with van der Waals surface area (Å²) in [6, 6.07) is 36.7. The molecule has 0 radical (unpaired) electrons. The third kappa shape index (κ3) is 5.15. The molecule has 0 saturated heterocycles. The van der Waals surface area contributed by atoms with Crippen molar-refractivity contribution in [1.82, 2.24) is 0 Å². The normalized spacial score (nSPS) is 15.8. The van der Waals surface area contributed by atoms with E-state index < -0.39 is 16.9 Å². The van der Waals surface area contributed by atoms with E-state index in [0.717, 1.165) is 69.2 Å². The molecule has 3 aromatic heterocycles. The lowest BCUT2D eigenvalue weighted by Crippen LogP contribution is -2.44. The number of benzene rings is 6. The third-order valence-electron chi connectivity index (χ3n) is 12.9. The van der Waals surface area contributed by atoms with Crippen molar-refractivity contribution in [2.24, 2.45) is 0 Å². The van der Waals surface area contributed by atoms with Gasteiger partial charge >= 0.3 is 16.9 Å². The summed E-state index contributed by atoms with van der Waals surface area (Å²) in [5.74, 6) is 0. The van der Waals surface area contributed by atoms with Crippen molar-refractivity contribution in [3.63, 3.8) is 0 Å². The van der Waals surface area contributed by atoms with E-state index in [9.17, 15) is 14.4 Å². The second-order valence-corrected chi connectivity index (χ2v) is 17.4. The minimum absolute atomic E-state index is 0.0753. The van der Waals surface area contributed by atoms with Gasteiger partial charge in [-0.3, -0.25) is 0 Å². The van der Waals surface area contributed by atoms with Crippen molar-refractivity contribution < 1.29 is 13.3 Å². The van der Waals surface area contributed by atoms with Crippen LogP contribution in [0.15, 0.2) is 143 Å². The first kappa shape index (κ1) is 34.5. The summed E-state index contributed by atoms with van der Waals surface area (Å²) in [5, 5.41) is 6.29. The van der Waals surface area contributed by atoms with E-state index in [1.54, 1.807) is 6.07 Å². The average Bonchev–Trinajstić information content (AvgIpc) is 3.21. The van der Waals surface area contributed by atoms with E-state index in [0.29, 0.717) is 50.1 Å². The van der Waals surface area contributed by atoms with Crippen LogP contribution in [0.5, 0.6) is 0 Å². The van der Waals surface area contributed by atoms with Gasteiger partial charge in [0.1, 0.15) is 16.7 Å². The molecule has 0 amide bonds. The highest BCUT2D eigenvalue weighted by Crippen LogP contribution is 2.52. The van der Waals surface area contributed by atoms with Crippen LogP contribution in [-0.2, 0) is 10.8 Å². The van der Waals surface area contributed by atoms with E-state index in [1.165, 1.54) is 11.3 Å². The van der Waals surface area contributed by atoms with Gasteiger partial charge in [-0.2, -0.15) is 0 Å². The SMILES string of the molecule is CC1(C)CCN2CCC(C)(C)c3c2c1cc1cc(-c2cc(-c4cc5c(ccc6ccccc65)oc4=O)cc(-c4cc5c(ccc6ccccc65)oc4=O)c2)c(=O)oc31. The molecule has 0 atom stereocenters. The van der Waals surface area contributed by atoms with Crippen LogP contribution in [0.2, 0.25) is 0 Å². The Morgan fingerprint density at radius 2 is 0.966 bits per heavy atom. The number of rotatable bonds is 3. The first-order chi connectivity index (χ1) is 27.9. The standard InChI is InChI=1S/C51H39NO6/c1-50(2)17-19-52-20-18-51(3,4)44-45(52)41(50)25-33-24-36(49(55)58-46(33)44)30-21-31(37-26-39-34-11-7-5-9-28(34)13-15-42(39)56-47(37)53)23-32(22-30)38-27-40-35-12-8-6-10-29(35)14-16-43(40)57-48(38)54/h5-16,21-27H,17-20H2,1-4H3. The first-order valence-corrected chi connectivity index (χ1v) is 19.9. The Morgan fingerprint density at radius 3 is 1.52 bits per heavy atom. The Bertz CT molecular complexity index is 3280. The molecule has 0 fully saturated rings. The highest BCUT2D eigenvalue weighted by atomic mass is 16.4. The van der Waals surface area contributed by atoms with Gasteiger partial charge in [-0.25, -0.2) is 14.4 Å². The fraction of sp³-hybridized carbons (Fsp3) is 0.196. The summed E-state index contributed by atoms with van der Waals surface area (Å²) >= 11 is 0. The van der Waals surface area contributed by atoms with Gasteiger partial charge in [-0.15, -0.1) is 0 Å². The first-order valence-electron chi connectivity index (χ1n) is 19.9. The molecule has 0 saturated carbocycles. The summed E-state index contributed by atoms with van der Waals surface area (Å²) in [5.41, 5.74) is 5.66. The van der Waals surface area contributed by atoms with E-state index in [4.69, 9.17) is 13.3 Å². The molecular weight excluding hydrogens is 723 g/mol. The topological polar surface area (TPSA) is 93.9 Å². The molecule has 2 aliphatic heterocycles. The van der Waals surface area contributed by atoms with Gasteiger partial charge in [0.15, 0.2) is 0 Å². The summed E-state index contributed by atoms with van der Waals surface area (Å²) < 4.78 is 18.4. The molecule has 2 aliphatic rings. The molecule has 58 heavy (non-hydrogen) atoms. The molecule has 7 heteroatoms. The minimum Gasteiger partial charge on any atom is -0.422 e. The number of anilines is 1. The molecule has 0 spiro atoms. The van der Waals surface area contributed by atoms with Crippen molar-refractivity contribution >= 4 is 60.1 Å². The van der Waals surface area contributed by atoms with Gasteiger partial charge in [0.05, 0.1) is 16.7 Å². The van der Waals surface area contributed by atoms with Gasteiger partial charge in [0, 0.05) is 40.5 Å². The molecule has 7 nitrogen and oxygen atoms in total. The Kier molecular flexibility index (Phi) is 7.22. The second-order valence-electron chi connectivity index (χ2n) is 17.4. The summed E-state index contributed by atoms with van der Waals surface area (Å²) in [4.78, 5) is 44.7. The van der Waals surface area contributed by atoms with E-state index in [-0.39, 0.29) is 10.8 Å². The van der Waals surface area contributed by atoms with Crippen LogP contribution in [0, 0.1) is 0 Å². The maximum absolute atomic E-state index is 14.4. The van der Waals surface area contributed by atoms with Gasteiger partial charge in [-0.1, -0.05) is 88.4 Å². The third-order valence-corrected chi connectivity index (χ3v) is 12.9. The Balaban J connectivity index is 1.20. The maximum Gasteiger partial charge on any atom is 0.344 e. The maximum atomic E-state index is 14.4. The quantitative estimate of drug-likeness (QED) is 0.131. The predicted molar refractivity (Wildman–Crippen MR) is 233 cm³/mol. The lowest BCUT2D eigenvalue weighted by Gasteiger charge is -2.48. The fourth-order valence-electron chi connectivity index (χ4n) is 9.59. The highest BCUT2D eigenvalue weighted by Gasteiger charge is 2.42. The molecule has 6 aromatic carbocycles. The van der Waals surface area contributed by atoms with Gasteiger partial charge in [-0.05, 0) is 122 Å². The van der Waals surface area contributed by atoms with Crippen molar-refractivity contribution in [2.45, 2.75) is 51.4 Å². The Hall–Kier alpha value is -6.73. The van der Waals surface area contributed by atoms with Crippen molar-refractivity contribution in [2.75, 3.05) is 18.0 Å². The fourth-order valence-corrected chi connectivity index (χ4v) is 9.59. The molecule has 0 aliphatic carbocycles. The molecular formula is C51H39NO6. The smallest absolute Gasteiger partial charge is 0.344 e. The zero-order valence-corrected chi connectivity index (χ0v) is 32.7. The van der Waals surface area contributed by atoms with Crippen LogP contribution in [0.3, 0.4) is 0 Å². The van der Waals surface area contributed by atoms with Crippen molar-refractivity contribution in [3.8, 4) is 33.4 Å². The highest BCUT2D eigenvalue weighted by molar-refractivity contribution is 6.08. The summed E-state index contributed by atoms with van der Waals surface area (Å²) in [7, 11) is 0. The lowest BCUT2D eigenvalue weighted by atomic mass is 9.69. The summed E-state index contributed by atoms with van der Waals surface area (Å²) in [6.45, 7) is 11.0. The average molecular weight is 762 g/mol. The molecule has 11 rings (SSSR count). The van der Waals surface area contributed by atoms with Gasteiger partial charge in [0.2, 0.25) is 0 Å². The van der Waals surface area contributed by atoms with E-state index >= 15 is 0 Å². The second kappa shape index (κ2) is 12.1. The monoisotopic (exact) mass is 761 g/mol. The van der Waals surface area contributed by atoms with E-state index in [2.05, 4.69) is 38.7 Å². The van der Waals surface area contributed by atoms with Gasteiger partial charge in [0.25, 0.3) is 0 Å². The van der Waals surface area contributed by atoms with Crippen LogP contribution >= 0.6 is 0 Å². The lowest BCUT2D eigenvalue weighted by molar-refractivity contribution is 0.398. The van der Waals surface area contributed by atoms with Crippen LogP contribution in [-0.4, -0.2) is 13.1 Å². The molecule has 0 bridgehead atoms. The Morgan fingerprint density at radius 1 is 0.483 bits per heavy atom. The summed E-state index contributed by atoms with van der Waals surface area (Å²) in [6.07, 6.45) is 1.97. The zero-order valence-electron chi connectivity index (χ0n) is 32.7. The molecule has 284 valence electrons. The predicted octanol–water partition coefficient (Wildman–Crippen LogP) is 11.5. The van der Waals surface area contributed by atoms with Crippen molar-refractivity contribution in [3.05, 3.63) is 158 Å². The number of nitrogens with zero attached hydrogens (tertiary/aromatic N) is 1. The van der Waals surface area contributed by atoms with Gasteiger partial charge < -0.3 is 18.2 Å². The number of fused-ring (bicyclic) bond motifs is 8. The van der Waals surface area contributed by atoms with Crippen LogP contribution in [0.4, 0.5) is 5.69 Å². The minimum atomic E-state index is -0.535. The van der Waals surface area contributed by atoms with E-state index in [1.807, 2.05) is 103 Å². The number of hydrogen-bond donors (Lipinski definition) is 0. The van der Waals surface area contributed by atoms with Crippen LogP contribution in [0.25, 0.3) is 87.8 Å². The van der Waals surface area contributed by atoms with Crippen molar-refractivity contribution in [1.29, 1.82) is 0 Å². The zero-order chi connectivity index (χ0) is 39.7. The molecule has 5 heterocycles. The molecule has 0 N–H and O–H groups in total.